The zero-order valence-corrected chi connectivity index (χ0v) is 13.3. The number of non-ortho nitro benzene ring substituents is 1. The van der Waals surface area contributed by atoms with Crippen molar-refractivity contribution in [3.8, 4) is 11.5 Å². The van der Waals surface area contributed by atoms with Gasteiger partial charge in [-0.15, -0.1) is 0 Å². The Bertz CT molecular complexity index is 1070. The smallest absolute Gasteiger partial charge is 0.269 e. The molecule has 0 fully saturated rings. The number of benzene rings is 3. The van der Waals surface area contributed by atoms with Crippen LogP contribution < -0.4 is 4.74 Å². The van der Waals surface area contributed by atoms with E-state index in [9.17, 15) is 19.7 Å². The number of rotatable bonds is 3. The summed E-state index contributed by atoms with van der Waals surface area (Å²) in [5, 5.41) is 10.7. The second kappa shape index (κ2) is 5.93. The van der Waals surface area contributed by atoms with Crippen molar-refractivity contribution in [3.05, 3.63) is 99.1 Å². The highest BCUT2D eigenvalue weighted by molar-refractivity contribution is 6.29. The number of nitro groups is 1. The van der Waals surface area contributed by atoms with Gasteiger partial charge in [0.15, 0.2) is 11.6 Å². The third-order valence-electron chi connectivity index (χ3n) is 4.19. The fourth-order valence-electron chi connectivity index (χ4n) is 2.96. The maximum atomic E-state index is 12.9. The number of carbonyl (C=O) groups excluding carboxylic acids is 2. The van der Waals surface area contributed by atoms with Crippen LogP contribution in [0.2, 0.25) is 0 Å². The van der Waals surface area contributed by atoms with Crippen molar-refractivity contribution in [1.29, 1.82) is 0 Å². The summed E-state index contributed by atoms with van der Waals surface area (Å²) >= 11 is 0. The Morgan fingerprint density at radius 1 is 0.731 bits per heavy atom. The van der Waals surface area contributed by atoms with Crippen LogP contribution in [-0.2, 0) is 0 Å². The fourth-order valence-corrected chi connectivity index (χ4v) is 2.96. The molecule has 0 radical (unpaired) electrons. The Morgan fingerprint density at radius 3 is 2.00 bits per heavy atom. The molecule has 1 aliphatic carbocycles. The lowest BCUT2D eigenvalue weighted by Gasteiger charge is -2.20. The minimum atomic E-state index is -0.507. The Kier molecular flexibility index (Phi) is 3.58. The first kappa shape index (κ1) is 15.7. The van der Waals surface area contributed by atoms with E-state index in [0.29, 0.717) is 16.9 Å². The molecule has 0 aliphatic heterocycles. The second-order valence-corrected chi connectivity index (χ2v) is 5.74. The Hall–Kier alpha value is -3.80. The van der Waals surface area contributed by atoms with Gasteiger partial charge < -0.3 is 4.74 Å². The third kappa shape index (κ3) is 2.44. The topological polar surface area (TPSA) is 86.5 Å². The molecular weight excluding hydrogens is 334 g/mol. The molecule has 0 saturated heterocycles. The van der Waals surface area contributed by atoms with Crippen molar-refractivity contribution in [2.75, 3.05) is 0 Å². The van der Waals surface area contributed by atoms with E-state index >= 15 is 0 Å². The molecule has 0 atom stereocenters. The van der Waals surface area contributed by atoms with Crippen molar-refractivity contribution in [1.82, 2.24) is 0 Å². The first-order valence-electron chi connectivity index (χ1n) is 7.80. The Labute approximate surface area is 147 Å². The molecule has 0 N–H and O–H groups in total. The average molecular weight is 345 g/mol. The summed E-state index contributed by atoms with van der Waals surface area (Å²) in [4.78, 5) is 35.8. The highest BCUT2D eigenvalue weighted by atomic mass is 16.6. The van der Waals surface area contributed by atoms with E-state index in [1.54, 1.807) is 42.5 Å². The van der Waals surface area contributed by atoms with Crippen LogP contribution in [0.4, 0.5) is 5.69 Å². The summed E-state index contributed by atoms with van der Waals surface area (Å²) in [6.45, 7) is 0. The quantitative estimate of drug-likeness (QED) is 0.411. The molecule has 3 aromatic carbocycles. The molecule has 126 valence electrons. The van der Waals surface area contributed by atoms with E-state index in [4.69, 9.17) is 4.74 Å². The predicted octanol–water partition coefficient (Wildman–Crippen LogP) is 4.16. The van der Waals surface area contributed by atoms with E-state index in [2.05, 4.69) is 0 Å². The average Bonchev–Trinajstić information content (AvgIpc) is 2.66. The molecule has 6 heteroatoms. The lowest BCUT2D eigenvalue weighted by Crippen LogP contribution is -2.21. The van der Waals surface area contributed by atoms with Gasteiger partial charge >= 0.3 is 0 Å². The normalized spacial score (nSPS) is 12.3. The first-order valence-corrected chi connectivity index (χ1v) is 7.80. The van der Waals surface area contributed by atoms with Gasteiger partial charge in [-0.2, -0.15) is 0 Å². The monoisotopic (exact) mass is 345 g/mol. The van der Waals surface area contributed by atoms with Gasteiger partial charge in [-0.3, -0.25) is 19.7 Å². The van der Waals surface area contributed by atoms with Gasteiger partial charge in [0.25, 0.3) is 5.69 Å². The lowest BCUT2D eigenvalue weighted by molar-refractivity contribution is -0.384. The van der Waals surface area contributed by atoms with Crippen molar-refractivity contribution >= 4 is 17.3 Å². The van der Waals surface area contributed by atoms with Crippen LogP contribution in [0.3, 0.4) is 0 Å². The second-order valence-electron chi connectivity index (χ2n) is 5.74. The summed E-state index contributed by atoms with van der Waals surface area (Å²) < 4.78 is 5.75. The van der Waals surface area contributed by atoms with Crippen molar-refractivity contribution in [2.45, 2.75) is 0 Å². The lowest BCUT2D eigenvalue weighted by atomic mass is 9.83. The number of carbonyl (C=O) groups is 2. The minimum Gasteiger partial charge on any atom is -0.457 e. The van der Waals surface area contributed by atoms with Crippen molar-refractivity contribution in [3.63, 3.8) is 0 Å². The van der Waals surface area contributed by atoms with Gasteiger partial charge in [0.2, 0.25) is 0 Å². The largest absolute Gasteiger partial charge is 0.457 e. The van der Waals surface area contributed by atoms with Crippen LogP contribution in [0.1, 0.15) is 31.8 Å². The molecule has 1 aliphatic rings. The van der Waals surface area contributed by atoms with Crippen molar-refractivity contribution in [2.24, 2.45) is 0 Å². The Balaban J connectivity index is 1.77. The van der Waals surface area contributed by atoms with E-state index in [-0.39, 0.29) is 34.1 Å². The number of fused-ring (bicyclic) bond motifs is 2. The molecule has 0 heterocycles. The minimum absolute atomic E-state index is 0.0624. The first-order chi connectivity index (χ1) is 12.6. The molecule has 0 amide bonds. The van der Waals surface area contributed by atoms with Gasteiger partial charge in [0.1, 0.15) is 11.5 Å². The molecule has 0 bridgehead atoms. The van der Waals surface area contributed by atoms with Crippen LogP contribution in [-0.4, -0.2) is 16.5 Å². The predicted molar refractivity (Wildman–Crippen MR) is 92.9 cm³/mol. The summed E-state index contributed by atoms with van der Waals surface area (Å²) in [6.07, 6.45) is 0. The summed E-state index contributed by atoms with van der Waals surface area (Å²) in [5.74, 6) is 0.0596. The van der Waals surface area contributed by atoms with Gasteiger partial charge in [-0.05, 0) is 18.2 Å². The summed E-state index contributed by atoms with van der Waals surface area (Å²) in [6, 6.07) is 17.0. The zero-order valence-electron chi connectivity index (χ0n) is 13.3. The summed E-state index contributed by atoms with van der Waals surface area (Å²) in [7, 11) is 0. The maximum absolute atomic E-state index is 12.9. The zero-order chi connectivity index (χ0) is 18.3. The third-order valence-corrected chi connectivity index (χ3v) is 4.19. The van der Waals surface area contributed by atoms with E-state index in [1.807, 2.05) is 0 Å². The number of ether oxygens (including phenoxy) is 1. The van der Waals surface area contributed by atoms with Crippen LogP contribution in [0.15, 0.2) is 66.7 Å². The van der Waals surface area contributed by atoms with Crippen molar-refractivity contribution < 1.29 is 19.2 Å². The molecular formula is C20H11NO5. The number of ketones is 2. The summed E-state index contributed by atoms with van der Waals surface area (Å²) in [5.41, 5.74) is 1.14. The van der Waals surface area contributed by atoms with Crippen LogP contribution >= 0.6 is 0 Å². The van der Waals surface area contributed by atoms with Gasteiger partial charge in [-0.1, -0.05) is 36.4 Å². The van der Waals surface area contributed by atoms with Gasteiger partial charge in [-0.25, -0.2) is 0 Å². The van der Waals surface area contributed by atoms with Crippen LogP contribution in [0, 0.1) is 10.1 Å². The number of nitrogens with zero attached hydrogens (tertiary/aromatic N) is 1. The van der Waals surface area contributed by atoms with E-state index in [1.165, 1.54) is 24.3 Å². The fraction of sp³-hybridized carbons (Fsp3) is 0. The molecule has 0 aromatic heterocycles. The highest BCUT2D eigenvalue weighted by Crippen LogP contribution is 2.35. The van der Waals surface area contributed by atoms with Gasteiger partial charge in [0.05, 0.1) is 10.5 Å². The molecule has 3 aromatic rings. The van der Waals surface area contributed by atoms with Crippen LogP contribution in [0.5, 0.6) is 11.5 Å². The number of hydrogen-bond acceptors (Lipinski definition) is 5. The molecule has 4 rings (SSSR count). The van der Waals surface area contributed by atoms with Gasteiger partial charge in [0, 0.05) is 28.8 Å². The molecule has 6 nitrogen and oxygen atoms in total. The maximum Gasteiger partial charge on any atom is 0.269 e. The molecule has 0 saturated carbocycles. The molecule has 0 unspecified atom stereocenters. The van der Waals surface area contributed by atoms with Crippen LogP contribution in [0.25, 0.3) is 0 Å². The number of hydrogen-bond donors (Lipinski definition) is 0. The van der Waals surface area contributed by atoms with E-state index in [0.717, 1.165) is 0 Å². The molecule has 0 spiro atoms. The number of nitro benzene ring substituents is 1. The SMILES string of the molecule is O=C1c2ccccc2C(=O)c2c(Oc3ccc([N+](=O)[O-])cc3)cccc21. The van der Waals surface area contributed by atoms with E-state index < -0.39 is 4.92 Å². The highest BCUT2D eigenvalue weighted by Gasteiger charge is 2.32. The molecule has 26 heavy (non-hydrogen) atoms. The Morgan fingerprint density at radius 2 is 1.35 bits per heavy atom. The standard InChI is InChI=1S/C20H11NO5/c22-19-14-4-1-2-5-15(14)20(23)18-16(19)6-3-7-17(18)26-13-10-8-12(9-11-13)21(24)25/h1-11H.